The van der Waals surface area contributed by atoms with Crippen LogP contribution in [0, 0.1) is 5.82 Å². The van der Waals surface area contributed by atoms with Gasteiger partial charge in [-0.05, 0) is 12.1 Å². The summed E-state index contributed by atoms with van der Waals surface area (Å²) in [5.41, 5.74) is 0.526. The van der Waals surface area contributed by atoms with Gasteiger partial charge >= 0.3 is 0 Å². The highest BCUT2D eigenvalue weighted by Crippen LogP contribution is 2.22. The van der Waals surface area contributed by atoms with Gasteiger partial charge in [-0.2, -0.15) is 0 Å². The number of amides is 2. The first-order valence-electron chi connectivity index (χ1n) is 5.04. The highest BCUT2D eigenvalue weighted by Gasteiger charge is 2.30. The van der Waals surface area contributed by atoms with Gasteiger partial charge in [-0.15, -0.1) is 0 Å². The zero-order valence-electron chi connectivity index (χ0n) is 9.12. The minimum Gasteiger partial charge on any atom is -0.494 e. The topological polar surface area (TPSA) is 67.4 Å². The second-order valence-corrected chi connectivity index (χ2v) is 3.66. The van der Waals surface area contributed by atoms with Gasteiger partial charge in [-0.1, -0.05) is 0 Å². The fraction of sp³-hybridized carbons (Fsp3) is 0.273. The minimum atomic E-state index is -0.613. The van der Waals surface area contributed by atoms with Crippen molar-refractivity contribution in [2.24, 2.45) is 0 Å². The van der Waals surface area contributed by atoms with Crippen LogP contribution in [-0.4, -0.2) is 25.0 Å². The fourth-order valence-corrected chi connectivity index (χ4v) is 1.62. The Bertz CT molecular complexity index is 476. The Morgan fingerprint density at radius 1 is 1.47 bits per heavy atom. The number of halogens is 1. The number of ether oxygens (including phenoxy) is 1. The van der Waals surface area contributed by atoms with Crippen LogP contribution >= 0.6 is 0 Å². The number of hydrogen-bond donors (Lipinski definition) is 2. The molecule has 1 atom stereocenters. The number of methoxy groups -OCH3 is 1. The predicted molar refractivity (Wildman–Crippen MR) is 58.1 cm³/mol. The van der Waals surface area contributed by atoms with Gasteiger partial charge in [0.2, 0.25) is 11.8 Å². The number of rotatable bonds is 3. The smallest absolute Gasteiger partial charge is 0.249 e. The van der Waals surface area contributed by atoms with E-state index in [-0.39, 0.29) is 24.0 Å². The SMILES string of the molecule is COc1cc(NC2CC(=O)NC2=O)ccc1F. The van der Waals surface area contributed by atoms with Crippen LogP contribution in [0.2, 0.25) is 0 Å². The summed E-state index contributed by atoms with van der Waals surface area (Å²) in [6.07, 6.45) is 0.0819. The van der Waals surface area contributed by atoms with Crippen LogP contribution in [0.15, 0.2) is 18.2 Å². The van der Waals surface area contributed by atoms with E-state index in [1.54, 1.807) is 0 Å². The second-order valence-electron chi connectivity index (χ2n) is 3.66. The third-order valence-electron chi connectivity index (χ3n) is 2.46. The molecule has 2 amide bonds. The van der Waals surface area contributed by atoms with E-state index in [2.05, 4.69) is 10.6 Å². The van der Waals surface area contributed by atoms with E-state index < -0.39 is 11.9 Å². The molecule has 5 nitrogen and oxygen atoms in total. The van der Waals surface area contributed by atoms with Gasteiger partial charge in [0.05, 0.1) is 13.5 Å². The number of anilines is 1. The van der Waals surface area contributed by atoms with Gasteiger partial charge in [0.1, 0.15) is 6.04 Å². The van der Waals surface area contributed by atoms with E-state index >= 15 is 0 Å². The molecule has 0 aromatic heterocycles. The molecular weight excluding hydrogens is 227 g/mol. The first-order chi connectivity index (χ1) is 8.10. The molecule has 1 aliphatic rings. The Morgan fingerprint density at radius 3 is 2.82 bits per heavy atom. The maximum Gasteiger partial charge on any atom is 0.249 e. The third kappa shape index (κ3) is 2.35. The largest absolute Gasteiger partial charge is 0.494 e. The average Bonchev–Trinajstić information content (AvgIpc) is 2.60. The van der Waals surface area contributed by atoms with E-state index in [1.165, 1.54) is 25.3 Å². The molecule has 1 saturated heterocycles. The molecule has 1 aliphatic heterocycles. The lowest BCUT2D eigenvalue weighted by Gasteiger charge is -2.11. The quantitative estimate of drug-likeness (QED) is 0.759. The number of nitrogens with one attached hydrogen (secondary N) is 2. The van der Waals surface area contributed by atoms with E-state index in [1.807, 2.05) is 0 Å². The molecule has 0 bridgehead atoms. The molecule has 2 rings (SSSR count). The van der Waals surface area contributed by atoms with Crippen LogP contribution in [0.3, 0.4) is 0 Å². The second kappa shape index (κ2) is 4.40. The lowest BCUT2D eigenvalue weighted by Crippen LogP contribution is -2.30. The molecule has 0 saturated carbocycles. The highest BCUT2D eigenvalue weighted by atomic mass is 19.1. The van der Waals surface area contributed by atoms with Crippen molar-refractivity contribution < 1.29 is 18.7 Å². The molecule has 1 unspecified atom stereocenters. The Kier molecular flexibility index (Phi) is 2.95. The number of benzene rings is 1. The van der Waals surface area contributed by atoms with Gasteiger partial charge in [0, 0.05) is 11.8 Å². The summed E-state index contributed by atoms with van der Waals surface area (Å²) < 4.78 is 18.0. The van der Waals surface area contributed by atoms with Gasteiger partial charge < -0.3 is 10.1 Å². The van der Waals surface area contributed by atoms with Gasteiger partial charge in [-0.3, -0.25) is 14.9 Å². The molecule has 0 aliphatic carbocycles. The average molecular weight is 238 g/mol. The monoisotopic (exact) mass is 238 g/mol. The maximum atomic E-state index is 13.1. The van der Waals surface area contributed by atoms with Crippen LogP contribution < -0.4 is 15.4 Å². The normalized spacial score (nSPS) is 19.1. The van der Waals surface area contributed by atoms with E-state index in [0.29, 0.717) is 5.69 Å². The summed E-state index contributed by atoms with van der Waals surface area (Å²) in [6.45, 7) is 0. The van der Waals surface area contributed by atoms with Crippen molar-refractivity contribution in [3.05, 3.63) is 24.0 Å². The molecule has 1 aromatic carbocycles. The van der Waals surface area contributed by atoms with Crippen LogP contribution in [0.1, 0.15) is 6.42 Å². The number of carbonyl (C=O) groups is 2. The molecular formula is C11H11FN2O3. The van der Waals surface area contributed by atoms with Crippen molar-refractivity contribution in [2.45, 2.75) is 12.5 Å². The molecule has 90 valence electrons. The first-order valence-corrected chi connectivity index (χ1v) is 5.04. The van der Waals surface area contributed by atoms with E-state index in [9.17, 15) is 14.0 Å². The van der Waals surface area contributed by atoms with Crippen molar-refractivity contribution in [3.63, 3.8) is 0 Å². The lowest BCUT2D eigenvalue weighted by atomic mass is 10.2. The Hall–Kier alpha value is -2.11. The van der Waals surface area contributed by atoms with Crippen molar-refractivity contribution in [1.82, 2.24) is 5.32 Å². The molecule has 6 heteroatoms. The summed E-state index contributed by atoms with van der Waals surface area (Å²) >= 11 is 0. The zero-order chi connectivity index (χ0) is 12.4. The molecule has 1 fully saturated rings. The van der Waals surface area contributed by atoms with Crippen molar-refractivity contribution in [2.75, 3.05) is 12.4 Å². The predicted octanol–water partition coefficient (Wildman–Crippen LogP) is 0.661. The Labute approximate surface area is 97.0 Å². The van der Waals surface area contributed by atoms with Crippen LogP contribution in [-0.2, 0) is 9.59 Å². The fourth-order valence-electron chi connectivity index (χ4n) is 1.62. The van der Waals surface area contributed by atoms with Gasteiger partial charge in [-0.25, -0.2) is 4.39 Å². The molecule has 2 N–H and O–H groups in total. The first kappa shape index (κ1) is 11.4. The summed E-state index contributed by atoms with van der Waals surface area (Å²) in [6, 6.07) is 3.53. The Morgan fingerprint density at radius 2 is 2.24 bits per heavy atom. The molecule has 1 heterocycles. The van der Waals surface area contributed by atoms with Gasteiger partial charge in [0.25, 0.3) is 0 Å². The lowest BCUT2D eigenvalue weighted by molar-refractivity contribution is -0.124. The third-order valence-corrected chi connectivity index (χ3v) is 2.46. The van der Waals surface area contributed by atoms with Gasteiger partial charge in [0.15, 0.2) is 11.6 Å². The highest BCUT2D eigenvalue weighted by molar-refractivity contribution is 6.06. The summed E-state index contributed by atoms with van der Waals surface area (Å²) in [4.78, 5) is 22.3. The van der Waals surface area contributed by atoms with Crippen molar-refractivity contribution in [1.29, 1.82) is 0 Å². The summed E-state index contributed by atoms with van der Waals surface area (Å²) in [7, 11) is 1.36. The molecule has 0 spiro atoms. The maximum absolute atomic E-state index is 13.1. The summed E-state index contributed by atoms with van der Waals surface area (Å²) in [5.74, 6) is -1.09. The molecule has 17 heavy (non-hydrogen) atoms. The van der Waals surface area contributed by atoms with Crippen LogP contribution in [0.5, 0.6) is 5.75 Å². The van der Waals surface area contributed by atoms with Crippen LogP contribution in [0.4, 0.5) is 10.1 Å². The van der Waals surface area contributed by atoms with Crippen LogP contribution in [0.25, 0.3) is 0 Å². The van der Waals surface area contributed by atoms with E-state index in [4.69, 9.17) is 4.74 Å². The molecule has 1 aromatic rings. The molecule has 0 radical (unpaired) electrons. The number of carbonyl (C=O) groups excluding carboxylic acids is 2. The number of hydrogen-bond acceptors (Lipinski definition) is 4. The standard InChI is InChI=1S/C11H11FN2O3/c1-17-9-4-6(2-3-7(9)12)13-8-5-10(15)14-11(8)16/h2-4,8,13H,5H2,1H3,(H,14,15,16). The van der Waals surface area contributed by atoms with E-state index in [0.717, 1.165) is 0 Å². The minimum absolute atomic E-state index is 0.0819. The summed E-state index contributed by atoms with van der Waals surface area (Å²) in [5, 5.41) is 5.02. The zero-order valence-corrected chi connectivity index (χ0v) is 9.12. The van der Waals surface area contributed by atoms with Crippen molar-refractivity contribution >= 4 is 17.5 Å². The number of imide groups is 1. The Balaban J connectivity index is 2.14. The van der Waals surface area contributed by atoms with Crippen molar-refractivity contribution in [3.8, 4) is 5.75 Å².